The van der Waals surface area contributed by atoms with Gasteiger partial charge in [0.25, 0.3) is 0 Å². The summed E-state index contributed by atoms with van der Waals surface area (Å²) in [6, 6.07) is 5.24. The van der Waals surface area contributed by atoms with Crippen LogP contribution in [0, 0.1) is 6.92 Å². The molecule has 1 aromatic carbocycles. The van der Waals surface area contributed by atoms with E-state index in [0.29, 0.717) is 24.6 Å². The van der Waals surface area contributed by atoms with E-state index in [4.69, 9.17) is 4.74 Å². The number of ether oxygens (including phenoxy) is 1. The first kappa shape index (κ1) is 18.1. The minimum absolute atomic E-state index is 0.0997. The third-order valence-electron chi connectivity index (χ3n) is 3.25. The van der Waals surface area contributed by atoms with E-state index in [0.717, 1.165) is 11.1 Å². The van der Waals surface area contributed by atoms with E-state index in [2.05, 4.69) is 5.32 Å². The number of likely N-dealkylation sites (N-methyl/N-ethyl adjacent to an activating group) is 1. The molecule has 6 heteroatoms. The highest BCUT2D eigenvalue weighted by Gasteiger charge is 2.21. The lowest BCUT2D eigenvalue weighted by atomic mass is 10.1. The van der Waals surface area contributed by atoms with E-state index in [1.807, 2.05) is 33.9 Å². The molecule has 1 aromatic rings. The van der Waals surface area contributed by atoms with Gasteiger partial charge in [-0.1, -0.05) is 6.07 Å². The Labute approximate surface area is 128 Å². The summed E-state index contributed by atoms with van der Waals surface area (Å²) in [5, 5.41) is 3.05. The van der Waals surface area contributed by atoms with E-state index in [1.54, 1.807) is 19.2 Å². The van der Waals surface area contributed by atoms with Crippen molar-refractivity contribution < 1.29 is 13.2 Å². The summed E-state index contributed by atoms with van der Waals surface area (Å²) in [5.74, 6) is 0. The van der Waals surface area contributed by atoms with Crippen molar-refractivity contribution >= 4 is 10.0 Å². The van der Waals surface area contributed by atoms with Gasteiger partial charge in [-0.2, -0.15) is 4.31 Å². The Balaban J connectivity index is 2.89. The summed E-state index contributed by atoms with van der Waals surface area (Å²) in [6.45, 7) is 7.22. The second kappa shape index (κ2) is 7.89. The van der Waals surface area contributed by atoms with E-state index >= 15 is 0 Å². The lowest BCUT2D eigenvalue weighted by Gasteiger charge is -2.19. The number of benzene rings is 1. The van der Waals surface area contributed by atoms with Gasteiger partial charge in [0.15, 0.2) is 0 Å². The molecule has 120 valence electrons. The molecule has 0 unspecified atom stereocenters. The number of aryl methyl sites for hydroxylation is 1. The minimum atomic E-state index is -3.47. The van der Waals surface area contributed by atoms with Crippen LogP contribution in [-0.4, -0.2) is 46.1 Å². The highest BCUT2D eigenvalue weighted by Crippen LogP contribution is 2.18. The summed E-state index contributed by atoms with van der Waals surface area (Å²) in [6.07, 6.45) is 0.0997. The number of nitrogens with one attached hydrogen (secondary N) is 1. The lowest BCUT2D eigenvalue weighted by molar-refractivity contribution is 0.0737. The molecule has 0 aromatic heterocycles. The second-order valence-corrected chi connectivity index (χ2v) is 7.41. The van der Waals surface area contributed by atoms with Crippen LogP contribution in [0.5, 0.6) is 0 Å². The molecule has 0 spiro atoms. The van der Waals surface area contributed by atoms with Crippen LogP contribution >= 0.6 is 0 Å². The lowest BCUT2D eigenvalue weighted by Crippen LogP contribution is -2.31. The molecule has 0 bridgehead atoms. The molecule has 0 saturated heterocycles. The largest absolute Gasteiger partial charge is 0.377 e. The maximum Gasteiger partial charge on any atom is 0.242 e. The average molecular weight is 314 g/mol. The third kappa shape index (κ3) is 5.07. The predicted octanol–water partition coefficient (Wildman–Crippen LogP) is 1.76. The predicted molar refractivity (Wildman–Crippen MR) is 84.8 cm³/mol. The SMILES string of the molecule is CNCc1cc(S(=O)(=O)N(C)CCOC(C)C)ccc1C. The second-order valence-electron chi connectivity index (χ2n) is 5.36. The van der Waals surface area contributed by atoms with Gasteiger partial charge < -0.3 is 10.1 Å². The van der Waals surface area contributed by atoms with Gasteiger partial charge >= 0.3 is 0 Å². The van der Waals surface area contributed by atoms with Gasteiger partial charge in [-0.25, -0.2) is 8.42 Å². The topological polar surface area (TPSA) is 58.6 Å². The van der Waals surface area contributed by atoms with Gasteiger partial charge in [0.1, 0.15) is 0 Å². The van der Waals surface area contributed by atoms with Gasteiger partial charge in [0, 0.05) is 20.1 Å². The summed E-state index contributed by atoms with van der Waals surface area (Å²) in [4.78, 5) is 0.324. The molecule has 0 aliphatic heterocycles. The van der Waals surface area contributed by atoms with Crippen LogP contribution in [0.15, 0.2) is 23.1 Å². The zero-order valence-electron chi connectivity index (χ0n) is 13.5. The fourth-order valence-electron chi connectivity index (χ4n) is 1.91. The molecule has 0 radical (unpaired) electrons. The molecule has 1 N–H and O–H groups in total. The van der Waals surface area contributed by atoms with E-state index < -0.39 is 10.0 Å². The molecule has 1 rings (SSSR count). The fourth-order valence-corrected chi connectivity index (χ4v) is 3.11. The van der Waals surface area contributed by atoms with Crippen LogP contribution in [0.3, 0.4) is 0 Å². The quantitative estimate of drug-likeness (QED) is 0.794. The minimum Gasteiger partial charge on any atom is -0.377 e. The van der Waals surface area contributed by atoms with Crippen LogP contribution in [-0.2, 0) is 21.3 Å². The smallest absolute Gasteiger partial charge is 0.242 e. The summed E-state index contributed by atoms with van der Waals surface area (Å²) < 4.78 is 31.8. The van der Waals surface area contributed by atoms with Gasteiger partial charge in [-0.05, 0) is 51.1 Å². The first-order chi connectivity index (χ1) is 9.78. The molecule has 0 heterocycles. The van der Waals surface area contributed by atoms with Crippen molar-refractivity contribution in [1.82, 2.24) is 9.62 Å². The van der Waals surface area contributed by atoms with Crippen LogP contribution in [0.4, 0.5) is 0 Å². The fraction of sp³-hybridized carbons (Fsp3) is 0.600. The molecule has 5 nitrogen and oxygen atoms in total. The maximum absolute atomic E-state index is 12.5. The first-order valence-electron chi connectivity index (χ1n) is 7.11. The highest BCUT2D eigenvalue weighted by molar-refractivity contribution is 7.89. The summed E-state index contributed by atoms with van der Waals surface area (Å²) in [5.41, 5.74) is 2.07. The molecule has 0 fully saturated rings. The standard InChI is InChI=1S/C15H26N2O3S/c1-12(2)20-9-8-17(5)21(18,19)15-7-6-13(3)14(10-15)11-16-4/h6-7,10,12,16H,8-9,11H2,1-5H3. The summed E-state index contributed by atoms with van der Waals surface area (Å²) in [7, 11) is -0.0457. The Kier molecular flexibility index (Phi) is 6.80. The summed E-state index contributed by atoms with van der Waals surface area (Å²) >= 11 is 0. The van der Waals surface area contributed by atoms with Gasteiger partial charge in [0.2, 0.25) is 10.0 Å². The van der Waals surface area contributed by atoms with Crippen LogP contribution in [0.2, 0.25) is 0 Å². The van der Waals surface area contributed by atoms with Gasteiger partial charge in [-0.15, -0.1) is 0 Å². The van der Waals surface area contributed by atoms with Crippen LogP contribution < -0.4 is 5.32 Å². The number of hydrogen-bond donors (Lipinski definition) is 1. The molecule has 0 aliphatic rings. The molecular weight excluding hydrogens is 288 g/mol. The molecule has 21 heavy (non-hydrogen) atoms. The van der Waals surface area contributed by atoms with Crippen LogP contribution in [0.25, 0.3) is 0 Å². The highest BCUT2D eigenvalue weighted by atomic mass is 32.2. The Bertz CT molecular complexity index is 556. The van der Waals surface area contributed by atoms with Crippen LogP contribution in [0.1, 0.15) is 25.0 Å². The van der Waals surface area contributed by atoms with Crippen molar-refractivity contribution in [2.24, 2.45) is 0 Å². The Morgan fingerprint density at radius 3 is 2.57 bits per heavy atom. The first-order valence-corrected chi connectivity index (χ1v) is 8.55. The van der Waals surface area contributed by atoms with Crippen molar-refractivity contribution in [3.63, 3.8) is 0 Å². The van der Waals surface area contributed by atoms with Gasteiger partial charge in [0.05, 0.1) is 17.6 Å². The Morgan fingerprint density at radius 1 is 1.33 bits per heavy atom. The number of rotatable bonds is 8. The Morgan fingerprint density at radius 2 is 2.00 bits per heavy atom. The maximum atomic E-state index is 12.5. The number of nitrogens with zero attached hydrogens (tertiary/aromatic N) is 1. The van der Waals surface area contributed by atoms with Crippen molar-refractivity contribution in [1.29, 1.82) is 0 Å². The molecular formula is C15H26N2O3S. The van der Waals surface area contributed by atoms with Crippen molar-refractivity contribution in [3.05, 3.63) is 29.3 Å². The van der Waals surface area contributed by atoms with Crippen molar-refractivity contribution in [3.8, 4) is 0 Å². The molecule has 0 atom stereocenters. The van der Waals surface area contributed by atoms with Gasteiger partial charge in [-0.3, -0.25) is 0 Å². The number of sulfonamides is 1. The average Bonchev–Trinajstić information content (AvgIpc) is 2.40. The molecule has 0 aliphatic carbocycles. The van der Waals surface area contributed by atoms with Crippen molar-refractivity contribution in [2.75, 3.05) is 27.2 Å². The number of hydrogen-bond acceptors (Lipinski definition) is 4. The molecule has 0 saturated carbocycles. The zero-order valence-corrected chi connectivity index (χ0v) is 14.3. The van der Waals surface area contributed by atoms with Crippen molar-refractivity contribution in [2.45, 2.75) is 38.3 Å². The monoisotopic (exact) mass is 314 g/mol. The normalized spacial score (nSPS) is 12.3. The molecule has 0 amide bonds. The Hall–Kier alpha value is -0.950. The van der Waals surface area contributed by atoms with E-state index in [1.165, 1.54) is 4.31 Å². The van der Waals surface area contributed by atoms with E-state index in [9.17, 15) is 8.42 Å². The van der Waals surface area contributed by atoms with E-state index in [-0.39, 0.29) is 6.10 Å². The third-order valence-corrected chi connectivity index (χ3v) is 5.11. The zero-order chi connectivity index (χ0) is 16.0.